The molecular weight excluding hydrogens is 270 g/mol. The molecule has 0 spiro atoms. The fourth-order valence-electron chi connectivity index (χ4n) is 2.86. The maximum Gasteiger partial charge on any atom is 0.245 e. The summed E-state index contributed by atoms with van der Waals surface area (Å²) in [7, 11) is 0. The van der Waals surface area contributed by atoms with Gasteiger partial charge in [-0.05, 0) is 70.4 Å². The van der Waals surface area contributed by atoms with Crippen molar-refractivity contribution in [3.05, 3.63) is 34.9 Å². The topological polar surface area (TPSA) is 20.3 Å². The van der Waals surface area contributed by atoms with Gasteiger partial charge in [-0.3, -0.25) is 4.79 Å². The van der Waals surface area contributed by atoms with Gasteiger partial charge in [-0.1, -0.05) is 6.08 Å². The maximum absolute atomic E-state index is 12.5. The zero-order valence-electron chi connectivity index (χ0n) is 13.0. The molecule has 2 rings (SSSR count). The fraction of sp³-hybridized carbons (Fsp3) is 0.471. The van der Waals surface area contributed by atoms with Gasteiger partial charge in [0, 0.05) is 5.56 Å². The lowest BCUT2D eigenvalue weighted by Gasteiger charge is -2.42. The van der Waals surface area contributed by atoms with Gasteiger partial charge in [0.2, 0.25) is 5.91 Å². The average Bonchev–Trinajstić information content (AvgIpc) is 2.30. The summed E-state index contributed by atoms with van der Waals surface area (Å²) in [4.78, 5) is 14.4. The average molecular weight is 292 g/mol. The Morgan fingerprint density at radius 3 is 2.30 bits per heavy atom. The monoisotopic (exact) mass is 291 g/mol. The summed E-state index contributed by atoms with van der Waals surface area (Å²) in [5, 5.41) is -0.532. The number of nitrogens with zero attached hydrogens (tertiary/aromatic N) is 1. The van der Waals surface area contributed by atoms with E-state index >= 15 is 0 Å². The molecule has 0 radical (unpaired) electrons. The number of fused-ring (bicyclic) bond motifs is 1. The fourth-order valence-corrected chi connectivity index (χ4v) is 2.96. The van der Waals surface area contributed by atoms with Crippen molar-refractivity contribution in [1.82, 2.24) is 0 Å². The molecule has 1 aromatic rings. The van der Waals surface area contributed by atoms with E-state index in [-0.39, 0.29) is 11.4 Å². The number of anilines is 1. The van der Waals surface area contributed by atoms with E-state index in [2.05, 4.69) is 39.0 Å². The summed E-state index contributed by atoms with van der Waals surface area (Å²) >= 11 is 6.05. The SMILES string of the molecule is CC1=CC(C)(C)N(C(=O)C(C)Cl)c2cc(C)c(C)cc21. The van der Waals surface area contributed by atoms with Gasteiger partial charge in [-0.15, -0.1) is 11.6 Å². The molecule has 1 atom stereocenters. The number of amides is 1. The number of hydrogen-bond donors (Lipinski definition) is 0. The van der Waals surface area contributed by atoms with Crippen LogP contribution in [0.3, 0.4) is 0 Å². The predicted octanol–water partition coefficient (Wildman–Crippen LogP) is 4.46. The Hall–Kier alpha value is -1.28. The van der Waals surface area contributed by atoms with Crippen molar-refractivity contribution in [2.24, 2.45) is 0 Å². The van der Waals surface area contributed by atoms with Crippen LogP contribution in [-0.4, -0.2) is 16.8 Å². The molecule has 0 N–H and O–H groups in total. The van der Waals surface area contributed by atoms with Crippen molar-refractivity contribution in [3.63, 3.8) is 0 Å². The molecule has 1 aliphatic rings. The molecule has 0 saturated heterocycles. The van der Waals surface area contributed by atoms with Crippen LogP contribution in [0.5, 0.6) is 0 Å². The lowest BCUT2D eigenvalue weighted by molar-refractivity contribution is -0.118. The zero-order chi connectivity index (χ0) is 15.2. The second-order valence-corrected chi connectivity index (χ2v) is 6.88. The number of carbonyl (C=O) groups is 1. The number of rotatable bonds is 1. The Morgan fingerprint density at radius 1 is 1.20 bits per heavy atom. The zero-order valence-corrected chi connectivity index (χ0v) is 13.8. The first-order chi connectivity index (χ1) is 9.15. The van der Waals surface area contributed by atoms with Gasteiger partial charge in [0.05, 0.1) is 11.2 Å². The van der Waals surface area contributed by atoms with Crippen molar-refractivity contribution < 1.29 is 4.79 Å². The van der Waals surface area contributed by atoms with Crippen molar-refractivity contribution in [2.45, 2.75) is 52.5 Å². The molecule has 2 nitrogen and oxygen atoms in total. The second-order valence-electron chi connectivity index (χ2n) is 6.22. The van der Waals surface area contributed by atoms with Gasteiger partial charge >= 0.3 is 0 Å². The minimum atomic E-state index is -0.532. The van der Waals surface area contributed by atoms with Crippen LogP contribution in [0.4, 0.5) is 5.69 Å². The van der Waals surface area contributed by atoms with Crippen LogP contribution in [0.2, 0.25) is 0 Å². The third kappa shape index (κ3) is 2.37. The van der Waals surface area contributed by atoms with Crippen LogP contribution in [0, 0.1) is 13.8 Å². The summed E-state index contributed by atoms with van der Waals surface area (Å²) in [5.74, 6) is -0.0510. The second kappa shape index (κ2) is 4.92. The van der Waals surface area contributed by atoms with Crippen molar-refractivity contribution >= 4 is 28.8 Å². The largest absolute Gasteiger partial charge is 0.301 e. The lowest BCUT2D eigenvalue weighted by atomic mass is 9.87. The molecule has 1 unspecified atom stereocenters. The van der Waals surface area contributed by atoms with Gasteiger partial charge in [0.15, 0.2) is 0 Å². The molecule has 0 bridgehead atoms. The van der Waals surface area contributed by atoms with E-state index in [4.69, 9.17) is 11.6 Å². The molecule has 108 valence electrons. The summed E-state index contributed by atoms with van der Waals surface area (Å²) in [6, 6.07) is 4.25. The van der Waals surface area contributed by atoms with E-state index in [1.54, 1.807) is 6.92 Å². The van der Waals surface area contributed by atoms with E-state index in [0.29, 0.717) is 0 Å². The van der Waals surface area contributed by atoms with Crippen LogP contribution < -0.4 is 4.90 Å². The standard InChI is InChI=1S/C17H22ClNO/c1-10-7-14-12(3)9-17(5,6)19(16(20)13(4)18)15(14)8-11(10)2/h7-9,13H,1-6H3. The van der Waals surface area contributed by atoms with Gasteiger partial charge in [-0.25, -0.2) is 0 Å². The molecule has 1 amide bonds. The smallest absolute Gasteiger partial charge is 0.245 e. The summed E-state index contributed by atoms with van der Waals surface area (Å²) in [6.07, 6.45) is 2.14. The van der Waals surface area contributed by atoms with E-state index < -0.39 is 5.38 Å². The number of aryl methyl sites for hydroxylation is 2. The quantitative estimate of drug-likeness (QED) is 0.700. The van der Waals surface area contributed by atoms with Crippen LogP contribution in [0.15, 0.2) is 18.2 Å². The number of alkyl halides is 1. The minimum absolute atomic E-state index is 0.0510. The Labute approximate surface area is 126 Å². The van der Waals surface area contributed by atoms with E-state index in [1.807, 2.05) is 18.7 Å². The molecule has 0 fully saturated rings. The highest BCUT2D eigenvalue weighted by Gasteiger charge is 2.37. The minimum Gasteiger partial charge on any atom is -0.301 e. The molecule has 1 aliphatic heterocycles. The van der Waals surface area contributed by atoms with E-state index in [0.717, 1.165) is 11.3 Å². The Morgan fingerprint density at radius 2 is 1.75 bits per heavy atom. The van der Waals surface area contributed by atoms with E-state index in [1.165, 1.54) is 16.7 Å². The molecule has 20 heavy (non-hydrogen) atoms. The first-order valence-electron chi connectivity index (χ1n) is 6.94. The first kappa shape index (κ1) is 15.1. The molecular formula is C17H22ClNO. The molecule has 0 saturated carbocycles. The third-order valence-corrected chi connectivity index (χ3v) is 4.17. The molecule has 1 aromatic carbocycles. The van der Waals surface area contributed by atoms with Crippen LogP contribution in [-0.2, 0) is 4.79 Å². The van der Waals surface area contributed by atoms with E-state index in [9.17, 15) is 4.79 Å². The van der Waals surface area contributed by atoms with Gasteiger partial charge in [-0.2, -0.15) is 0 Å². The van der Waals surface area contributed by atoms with Crippen LogP contribution in [0.25, 0.3) is 5.57 Å². The molecule has 0 aliphatic carbocycles. The highest BCUT2D eigenvalue weighted by atomic mass is 35.5. The predicted molar refractivity (Wildman–Crippen MR) is 86.4 cm³/mol. The van der Waals surface area contributed by atoms with Gasteiger partial charge < -0.3 is 4.90 Å². The summed E-state index contributed by atoms with van der Waals surface area (Å²) in [5.41, 5.74) is 5.36. The van der Waals surface area contributed by atoms with Crippen LogP contribution >= 0.6 is 11.6 Å². The normalized spacial score (nSPS) is 18.4. The highest BCUT2D eigenvalue weighted by molar-refractivity contribution is 6.33. The number of hydrogen-bond acceptors (Lipinski definition) is 1. The molecule has 3 heteroatoms. The Balaban J connectivity index is 2.70. The van der Waals surface area contributed by atoms with Crippen molar-refractivity contribution in [2.75, 3.05) is 4.90 Å². The number of allylic oxidation sites excluding steroid dienone is 1. The summed E-state index contributed by atoms with van der Waals surface area (Å²) < 4.78 is 0. The molecule has 1 heterocycles. The maximum atomic E-state index is 12.5. The number of carbonyl (C=O) groups excluding carboxylic acids is 1. The van der Waals surface area contributed by atoms with Gasteiger partial charge in [0.1, 0.15) is 5.38 Å². The Bertz CT molecular complexity index is 599. The van der Waals surface area contributed by atoms with Crippen LogP contribution in [0.1, 0.15) is 44.4 Å². The highest BCUT2D eigenvalue weighted by Crippen LogP contribution is 2.40. The van der Waals surface area contributed by atoms with Crippen molar-refractivity contribution in [1.29, 1.82) is 0 Å². The lowest BCUT2D eigenvalue weighted by Crippen LogP contribution is -2.51. The third-order valence-electron chi connectivity index (χ3n) is 3.98. The molecule has 0 aromatic heterocycles. The van der Waals surface area contributed by atoms with Gasteiger partial charge in [0.25, 0.3) is 0 Å². The summed E-state index contributed by atoms with van der Waals surface area (Å²) in [6.45, 7) is 12.1. The van der Waals surface area contributed by atoms with Crippen molar-refractivity contribution in [3.8, 4) is 0 Å². The number of benzene rings is 1. The number of halogens is 1. The Kier molecular flexibility index (Phi) is 3.72. The first-order valence-corrected chi connectivity index (χ1v) is 7.38.